The number of hydrogen-bond donors (Lipinski definition) is 2. The number of rotatable bonds is 5. The first-order valence-corrected chi connectivity index (χ1v) is 6.72. The van der Waals surface area contributed by atoms with E-state index < -0.39 is 5.97 Å². The van der Waals surface area contributed by atoms with E-state index >= 15 is 0 Å². The molecule has 1 atom stereocenters. The Hall–Kier alpha value is -1.49. The Morgan fingerprint density at radius 1 is 1.35 bits per heavy atom. The van der Waals surface area contributed by atoms with Crippen molar-refractivity contribution in [3.63, 3.8) is 0 Å². The van der Waals surface area contributed by atoms with Crippen LogP contribution in [0.25, 0.3) is 0 Å². The second-order valence-corrected chi connectivity index (χ2v) is 5.20. The van der Waals surface area contributed by atoms with Crippen molar-refractivity contribution < 1.29 is 14.3 Å². The number of furan rings is 1. The number of hydrogen-bond acceptors (Lipinski definition) is 3. The molecule has 0 aliphatic carbocycles. The summed E-state index contributed by atoms with van der Waals surface area (Å²) in [5.74, 6) is -0.438. The SMILES string of the molecule is CC(NCc1cc(C(=O)O)co1)c1ccc(Cl)c(Cl)c1. The Morgan fingerprint density at radius 2 is 2.10 bits per heavy atom. The second-order valence-electron chi connectivity index (χ2n) is 4.38. The highest BCUT2D eigenvalue weighted by molar-refractivity contribution is 6.42. The molecular formula is C14H13Cl2NO3. The fraction of sp³-hybridized carbons (Fsp3) is 0.214. The molecule has 6 heteroatoms. The average molecular weight is 314 g/mol. The Bertz CT molecular complexity index is 625. The van der Waals surface area contributed by atoms with E-state index in [9.17, 15) is 4.79 Å². The molecule has 0 radical (unpaired) electrons. The molecule has 0 spiro atoms. The summed E-state index contributed by atoms with van der Waals surface area (Å²) in [6.07, 6.45) is 1.23. The maximum atomic E-state index is 10.7. The summed E-state index contributed by atoms with van der Waals surface area (Å²) < 4.78 is 5.16. The van der Waals surface area contributed by atoms with Crippen LogP contribution in [0.15, 0.2) is 34.9 Å². The number of carbonyl (C=O) groups is 1. The van der Waals surface area contributed by atoms with Gasteiger partial charge in [-0.15, -0.1) is 0 Å². The van der Waals surface area contributed by atoms with E-state index in [-0.39, 0.29) is 11.6 Å². The molecule has 4 nitrogen and oxygen atoms in total. The molecule has 1 aromatic heterocycles. The van der Waals surface area contributed by atoms with E-state index in [0.29, 0.717) is 22.4 Å². The van der Waals surface area contributed by atoms with Gasteiger partial charge < -0.3 is 14.8 Å². The summed E-state index contributed by atoms with van der Waals surface area (Å²) in [6, 6.07) is 6.95. The predicted molar refractivity (Wildman–Crippen MR) is 77.4 cm³/mol. The molecule has 0 aliphatic rings. The number of halogens is 2. The molecular weight excluding hydrogens is 301 g/mol. The van der Waals surface area contributed by atoms with Crippen LogP contribution in [0.5, 0.6) is 0 Å². The monoisotopic (exact) mass is 313 g/mol. The zero-order valence-electron chi connectivity index (χ0n) is 10.7. The van der Waals surface area contributed by atoms with Crippen molar-refractivity contribution in [3.05, 3.63) is 57.5 Å². The summed E-state index contributed by atoms with van der Waals surface area (Å²) in [5, 5.41) is 13.0. The van der Waals surface area contributed by atoms with Crippen molar-refractivity contribution in [2.75, 3.05) is 0 Å². The van der Waals surface area contributed by atoms with Gasteiger partial charge in [0, 0.05) is 6.04 Å². The number of aromatic carboxylic acids is 1. The molecule has 1 unspecified atom stereocenters. The first-order chi connectivity index (χ1) is 9.47. The van der Waals surface area contributed by atoms with Crippen molar-refractivity contribution in [2.45, 2.75) is 19.5 Å². The number of carboxylic acids is 1. The molecule has 2 aromatic rings. The molecule has 0 aliphatic heterocycles. The van der Waals surface area contributed by atoms with E-state index in [1.807, 2.05) is 13.0 Å². The first-order valence-electron chi connectivity index (χ1n) is 5.96. The van der Waals surface area contributed by atoms with Crippen molar-refractivity contribution in [2.24, 2.45) is 0 Å². The van der Waals surface area contributed by atoms with Crippen molar-refractivity contribution in [1.29, 1.82) is 0 Å². The predicted octanol–water partition coefficient (Wildman–Crippen LogP) is 4.14. The fourth-order valence-electron chi connectivity index (χ4n) is 1.74. The van der Waals surface area contributed by atoms with Gasteiger partial charge in [-0.1, -0.05) is 29.3 Å². The van der Waals surface area contributed by atoms with E-state index in [2.05, 4.69) is 5.32 Å². The third kappa shape index (κ3) is 3.54. The van der Waals surface area contributed by atoms with Crippen LogP contribution < -0.4 is 5.32 Å². The second kappa shape index (κ2) is 6.31. The van der Waals surface area contributed by atoms with Crippen molar-refractivity contribution >= 4 is 29.2 Å². The third-order valence-corrected chi connectivity index (χ3v) is 3.67. The minimum Gasteiger partial charge on any atom is -0.478 e. The van der Waals surface area contributed by atoms with Crippen LogP contribution in [0.4, 0.5) is 0 Å². The van der Waals surface area contributed by atoms with E-state index in [0.717, 1.165) is 5.56 Å². The largest absolute Gasteiger partial charge is 0.478 e. The van der Waals surface area contributed by atoms with Crippen LogP contribution in [0.2, 0.25) is 10.0 Å². The highest BCUT2D eigenvalue weighted by Gasteiger charge is 2.11. The lowest BCUT2D eigenvalue weighted by molar-refractivity contribution is 0.0696. The molecule has 0 saturated heterocycles. The van der Waals surface area contributed by atoms with Crippen LogP contribution in [0, 0.1) is 0 Å². The highest BCUT2D eigenvalue weighted by Crippen LogP contribution is 2.25. The first kappa shape index (κ1) is 14.9. The van der Waals surface area contributed by atoms with Crippen LogP contribution in [0.3, 0.4) is 0 Å². The van der Waals surface area contributed by atoms with Crippen LogP contribution in [-0.4, -0.2) is 11.1 Å². The van der Waals surface area contributed by atoms with Gasteiger partial charge in [0.05, 0.1) is 22.2 Å². The van der Waals surface area contributed by atoms with Gasteiger partial charge in [-0.05, 0) is 30.7 Å². The van der Waals surface area contributed by atoms with Crippen LogP contribution >= 0.6 is 23.2 Å². The lowest BCUT2D eigenvalue weighted by atomic mass is 10.1. The maximum absolute atomic E-state index is 10.7. The molecule has 0 fully saturated rings. The summed E-state index contributed by atoms with van der Waals surface area (Å²) in [7, 11) is 0. The van der Waals surface area contributed by atoms with Gasteiger partial charge in [0.25, 0.3) is 0 Å². The zero-order chi connectivity index (χ0) is 14.7. The molecule has 0 amide bonds. The summed E-state index contributed by atoms with van der Waals surface area (Å²) >= 11 is 11.8. The van der Waals surface area contributed by atoms with Gasteiger partial charge in [-0.3, -0.25) is 0 Å². The molecule has 0 saturated carbocycles. The standard InChI is InChI=1S/C14H13Cl2NO3/c1-8(9-2-3-12(15)13(16)5-9)17-6-11-4-10(7-20-11)14(18)19/h2-5,7-8,17H,6H2,1H3,(H,18,19). The van der Waals surface area contributed by atoms with Crippen LogP contribution in [0.1, 0.15) is 34.6 Å². The lowest BCUT2D eigenvalue weighted by Crippen LogP contribution is -2.17. The minimum atomic E-state index is -1.00. The van der Waals surface area contributed by atoms with E-state index in [4.69, 9.17) is 32.7 Å². The van der Waals surface area contributed by atoms with Gasteiger partial charge in [-0.2, -0.15) is 0 Å². The molecule has 0 bridgehead atoms. The minimum absolute atomic E-state index is 0.0307. The lowest BCUT2D eigenvalue weighted by Gasteiger charge is -2.13. The Kier molecular flexibility index (Phi) is 4.70. The van der Waals surface area contributed by atoms with E-state index in [1.54, 1.807) is 12.1 Å². The van der Waals surface area contributed by atoms with Gasteiger partial charge in [0.1, 0.15) is 12.0 Å². The normalized spacial score (nSPS) is 12.3. The molecule has 2 rings (SSSR count). The summed E-state index contributed by atoms with van der Waals surface area (Å²) in [5.41, 5.74) is 1.13. The number of benzene rings is 1. The van der Waals surface area contributed by atoms with E-state index in [1.165, 1.54) is 12.3 Å². The maximum Gasteiger partial charge on any atom is 0.338 e. The summed E-state index contributed by atoms with van der Waals surface area (Å²) in [4.78, 5) is 10.7. The van der Waals surface area contributed by atoms with Gasteiger partial charge in [0.2, 0.25) is 0 Å². The fourth-order valence-corrected chi connectivity index (χ4v) is 2.05. The third-order valence-electron chi connectivity index (χ3n) is 2.93. The van der Waals surface area contributed by atoms with Crippen molar-refractivity contribution in [1.82, 2.24) is 5.32 Å². The number of carboxylic acid groups (broad SMARTS) is 1. The Morgan fingerprint density at radius 3 is 2.70 bits per heavy atom. The number of nitrogens with one attached hydrogen (secondary N) is 1. The van der Waals surface area contributed by atoms with Crippen molar-refractivity contribution in [3.8, 4) is 0 Å². The van der Waals surface area contributed by atoms with Gasteiger partial charge in [-0.25, -0.2) is 4.79 Å². The van der Waals surface area contributed by atoms with Gasteiger partial charge >= 0.3 is 5.97 Å². The molecule has 106 valence electrons. The summed E-state index contributed by atoms with van der Waals surface area (Å²) in [6.45, 7) is 2.40. The van der Waals surface area contributed by atoms with Crippen LogP contribution in [-0.2, 0) is 6.54 Å². The quantitative estimate of drug-likeness (QED) is 0.871. The molecule has 1 heterocycles. The molecule has 1 aromatic carbocycles. The Balaban J connectivity index is 1.98. The molecule has 20 heavy (non-hydrogen) atoms. The smallest absolute Gasteiger partial charge is 0.338 e. The topological polar surface area (TPSA) is 62.5 Å². The average Bonchev–Trinajstić information content (AvgIpc) is 2.88. The van der Waals surface area contributed by atoms with Gasteiger partial charge in [0.15, 0.2) is 0 Å². The zero-order valence-corrected chi connectivity index (χ0v) is 12.2. The Labute approximate surface area is 126 Å². The molecule has 2 N–H and O–H groups in total. The highest BCUT2D eigenvalue weighted by atomic mass is 35.5.